The first-order chi connectivity index (χ1) is 9.79. The third-order valence-corrected chi connectivity index (χ3v) is 2.96. The number of benzene rings is 1. The van der Waals surface area contributed by atoms with Crippen LogP contribution >= 0.6 is 0 Å². The topological polar surface area (TPSA) is 54.6 Å². The quantitative estimate of drug-likeness (QED) is 0.726. The van der Waals surface area contributed by atoms with Gasteiger partial charge in [0.05, 0.1) is 26.4 Å². The van der Waals surface area contributed by atoms with Crippen molar-refractivity contribution in [2.45, 2.75) is 13.5 Å². The lowest BCUT2D eigenvalue weighted by Gasteiger charge is -2.03. The van der Waals surface area contributed by atoms with Crippen LogP contribution in [0.25, 0.3) is 11.3 Å². The Labute approximate surface area is 119 Å². The highest BCUT2D eigenvalue weighted by atomic mass is 16.5. The highest BCUT2D eigenvalue weighted by Crippen LogP contribution is 2.22. The van der Waals surface area contributed by atoms with Crippen molar-refractivity contribution < 1.29 is 14.3 Å². The molecule has 2 N–H and O–H groups in total. The average molecular weight is 275 g/mol. The molecule has 2 rings (SSSR count). The Morgan fingerprint density at radius 3 is 2.65 bits per heavy atom. The van der Waals surface area contributed by atoms with Crippen LogP contribution in [0.2, 0.25) is 0 Å². The molecule has 0 unspecified atom stereocenters. The zero-order valence-corrected chi connectivity index (χ0v) is 11.8. The Hall–Kier alpha value is -1.62. The zero-order valence-electron chi connectivity index (χ0n) is 11.8. The molecule has 0 fully saturated rings. The van der Waals surface area contributed by atoms with Gasteiger partial charge in [0.25, 0.3) is 0 Å². The van der Waals surface area contributed by atoms with Gasteiger partial charge in [-0.15, -0.1) is 0 Å². The van der Waals surface area contributed by atoms with Crippen LogP contribution in [-0.4, -0.2) is 31.5 Å². The van der Waals surface area contributed by atoms with Gasteiger partial charge in [-0.2, -0.15) is 0 Å². The highest BCUT2D eigenvalue weighted by molar-refractivity contribution is 5.57. The van der Waals surface area contributed by atoms with Gasteiger partial charge in [-0.1, -0.05) is 29.8 Å². The van der Waals surface area contributed by atoms with E-state index in [1.165, 1.54) is 5.56 Å². The fourth-order valence-corrected chi connectivity index (χ4v) is 1.87. The molecule has 0 spiro atoms. The molecule has 0 aliphatic carbocycles. The number of ether oxygens (including phenoxy) is 1. The van der Waals surface area contributed by atoms with Crippen LogP contribution in [0.4, 0.5) is 0 Å². The van der Waals surface area contributed by atoms with Crippen molar-refractivity contribution in [1.82, 2.24) is 5.32 Å². The van der Waals surface area contributed by atoms with E-state index < -0.39 is 0 Å². The van der Waals surface area contributed by atoms with E-state index in [1.54, 1.807) is 0 Å². The first kappa shape index (κ1) is 14.8. The summed E-state index contributed by atoms with van der Waals surface area (Å²) >= 11 is 0. The van der Waals surface area contributed by atoms with Gasteiger partial charge >= 0.3 is 0 Å². The smallest absolute Gasteiger partial charge is 0.134 e. The van der Waals surface area contributed by atoms with Gasteiger partial charge in [0.1, 0.15) is 11.5 Å². The number of aliphatic hydroxyl groups is 1. The maximum absolute atomic E-state index is 8.57. The molecule has 1 aromatic heterocycles. The molecule has 0 aliphatic heterocycles. The highest BCUT2D eigenvalue weighted by Gasteiger charge is 2.04. The second-order valence-electron chi connectivity index (χ2n) is 4.64. The van der Waals surface area contributed by atoms with Crippen molar-refractivity contribution in [3.63, 3.8) is 0 Å². The standard InChI is InChI=1S/C16H21NO3/c1-13-2-4-14(5-3-13)16-7-6-15(20-16)12-17-8-10-19-11-9-18/h2-7,17-18H,8-12H2,1H3. The number of hydrogen-bond acceptors (Lipinski definition) is 4. The minimum absolute atomic E-state index is 0.0676. The minimum Gasteiger partial charge on any atom is -0.460 e. The molecule has 0 saturated carbocycles. The molecule has 0 radical (unpaired) electrons. The molecule has 108 valence electrons. The van der Waals surface area contributed by atoms with Crippen LogP contribution in [0.3, 0.4) is 0 Å². The van der Waals surface area contributed by atoms with Gasteiger partial charge in [0.2, 0.25) is 0 Å². The molecular formula is C16H21NO3. The summed E-state index contributed by atoms with van der Waals surface area (Å²) < 4.78 is 11.0. The van der Waals surface area contributed by atoms with E-state index in [0.29, 0.717) is 19.8 Å². The van der Waals surface area contributed by atoms with Crippen molar-refractivity contribution in [3.8, 4) is 11.3 Å². The predicted octanol–water partition coefficient (Wildman–Crippen LogP) is 2.35. The SMILES string of the molecule is Cc1ccc(-c2ccc(CNCCOCCO)o2)cc1. The lowest BCUT2D eigenvalue weighted by atomic mass is 10.1. The summed E-state index contributed by atoms with van der Waals surface area (Å²) in [5, 5.41) is 11.8. The Balaban J connectivity index is 1.79. The van der Waals surface area contributed by atoms with E-state index in [4.69, 9.17) is 14.3 Å². The molecule has 4 heteroatoms. The maximum atomic E-state index is 8.57. The fourth-order valence-electron chi connectivity index (χ4n) is 1.87. The molecule has 0 saturated heterocycles. The Bertz CT molecular complexity index is 505. The molecule has 1 aromatic carbocycles. The second-order valence-corrected chi connectivity index (χ2v) is 4.64. The van der Waals surface area contributed by atoms with Crippen LogP contribution in [0.5, 0.6) is 0 Å². The predicted molar refractivity (Wildman–Crippen MR) is 78.5 cm³/mol. The molecular weight excluding hydrogens is 254 g/mol. The van der Waals surface area contributed by atoms with E-state index in [0.717, 1.165) is 23.6 Å². The van der Waals surface area contributed by atoms with Crippen LogP contribution in [-0.2, 0) is 11.3 Å². The molecule has 20 heavy (non-hydrogen) atoms. The Morgan fingerprint density at radius 1 is 1.10 bits per heavy atom. The summed E-state index contributed by atoms with van der Waals surface area (Å²) in [6.07, 6.45) is 0. The summed E-state index contributed by atoms with van der Waals surface area (Å²) in [4.78, 5) is 0. The number of aryl methyl sites for hydroxylation is 1. The largest absolute Gasteiger partial charge is 0.460 e. The van der Waals surface area contributed by atoms with Crippen LogP contribution < -0.4 is 5.32 Å². The number of furan rings is 1. The summed E-state index contributed by atoms with van der Waals surface area (Å²) in [6, 6.07) is 12.3. The molecule has 0 aliphatic rings. The number of rotatable bonds is 8. The van der Waals surface area contributed by atoms with Gasteiger partial charge in [0, 0.05) is 12.1 Å². The normalized spacial score (nSPS) is 10.9. The summed E-state index contributed by atoms with van der Waals surface area (Å²) in [5.74, 6) is 1.79. The van der Waals surface area contributed by atoms with Crippen molar-refractivity contribution in [3.05, 3.63) is 47.7 Å². The third kappa shape index (κ3) is 4.49. The monoisotopic (exact) mass is 275 g/mol. The average Bonchev–Trinajstić information content (AvgIpc) is 2.92. The molecule has 0 amide bonds. The second kappa shape index (κ2) is 7.85. The maximum Gasteiger partial charge on any atom is 0.134 e. The van der Waals surface area contributed by atoms with E-state index in [9.17, 15) is 0 Å². The Kier molecular flexibility index (Phi) is 5.80. The lowest BCUT2D eigenvalue weighted by molar-refractivity contribution is 0.0936. The van der Waals surface area contributed by atoms with Gasteiger partial charge in [-0.25, -0.2) is 0 Å². The molecule has 2 aromatic rings. The fraction of sp³-hybridized carbons (Fsp3) is 0.375. The van der Waals surface area contributed by atoms with E-state index in [2.05, 4.69) is 36.5 Å². The zero-order chi connectivity index (χ0) is 14.2. The van der Waals surface area contributed by atoms with Crippen molar-refractivity contribution in [2.75, 3.05) is 26.4 Å². The summed E-state index contributed by atoms with van der Waals surface area (Å²) in [7, 11) is 0. The van der Waals surface area contributed by atoms with Crippen molar-refractivity contribution in [1.29, 1.82) is 0 Å². The Morgan fingerprint density at radius 2 is 1.90 bits per heavy atom. The van der Waals surface area contributed by atoms with Gasteiger partial charge in [0.15, 0.2) is 0 Å². The van der Waals surface area contributed by atoms with Gasteiger partial charge < -0.3 is 19.6 Å². The first-order valence-corrected chi connectivity index (χ1v) is 6.84. The van der Waals surface area contributed by atoms with E-state index in [-0.39, 0.29) is 6.61 Å². The number of aliphatic hydroxyl groups excluding tert-OH is 1. The van der Waals surface area contributed by atoms with Crippen molar-refractivity contribution >= 4 is 0 Å². The third-order valence-electron chi connectivity index (χ3n) is 2.96. The van der Waals surface area contributed by atoms with Crippen LogP contribution in [0.15, 0.2) is 40.8 Å². The number of hydrogen-bond donors (Lipinski definition) is 2. The van der Waals surface area contributed by atoms with Crippen LogP contribution in [0.1, 0.15) is 11.3 Å². The van der Waals surface area contributed by atoms with E-state index in [1.807, 2.05) is 12.1 Å². The number of nitrogens with one attached hydrogen (secondary N) is 1. The molecule has 0 atom stereocenters. The first-order valence-electron chi connectivity index (χ1n) is 6.84. The van der Waals surface area contributed by atoms with Crippen molar-refractivity contribution in [2.24, 2.45) is 0 Å². The molecule has 0 bridgehead atoms. The minimum atomic E-state index is 0.0676. The van der Waals surface area contributed by atoms with Crippen LogP contribution in [0, 0.1) is 6.92 Å². The lowest BCUT2D eigenvalue weighted by Crippen LogP contribution is -2.19. The van der Waals surface area contributed by atoms with Gasteiger partial charge in [-0.3, -0.25) is 0 Å². The summed E-state index contributed by atoms with van der Waals surface area (Å²) in [5.41, 5.74) is 2.33. The van der Waals surface area contributed by atoms with Gasteiger partial charge in [-0.05, 0) is 19.1 Å². The molecule has 4 nitrogen and oxygen atoms in total. The van der Waals surface area contributed by atoms with E-state index >= 15 is 0 Å². The molecule has 1 heterocycles. The summed E-state index contributed by atoms with van der Waals surface area (Å²) in [6.45, 7) is 4.53.